The molecule has 4 nitrogen and oxygen atoms in total. The molecule has 0 radical (unpaired) electrons. The molecule has 2 heterocycles. The standard InChI is InChI=1S/C12H18ClNO3S2/c1-8-6-14(7-9(2)17-8)19(15,16)12-4-11(5-13)18-10(12)3/h4,8-9H,5-7H2,1-3H3. The van der Waals surface area contributed by atoms with Gasteiger partial charge in [-0.15, -0.1) is 22.9 Å². The number of nitrogens with zero attached hydrogens (tertiary/aromatic N) is 1. The molecule has 0 N–H and O–H groups in total. The van der Waals surface area contributed by atoms with E-state index in [-0.39, 0.29) is 12.2 Å². The van der Waals surface area contributed by atoms with Crippen molar-refractivity contribution in [3.05, 3.63) is 15.8 Å². The highest BCUT2D eigenvalue weighted by Gasteiger charge is 2.33. The van der Waals surface area contributed by atoms with E-state index in [2.05, 4.69) is 0 Å². The third-order valence-corrected chi connectivity index (χ3v) is 6.64. The number of hydrogen-bond acceptors (Lipinski definition) is 4. The van der Waals surface area contributed by atoms with Crippen molar-refractivity contribution in [3.8, 4) is 0 Å². The Kier molecular flexibility index (Phi) is 4.57. The summed E-state index contributed by atoms with van der Waals surface area (Å²) in [5, 5.41) is 0. The number of ether oxygens (including phenoxy) is 1. The lowest BCUT2D eigenvalue weighted by Gasteiger charge is -2.34. The second kappa shape index (κ2) is 5.69. The van der Waals surface area contributed by atoms with E-state index in [0.717, 1.165) is 9.75 Å². The number of halogens is 1. The van der Waals surface area contributed by atoms with Crippen LogP contribution in [0.4, 0.5) is 0 Å². The second-order valence-corrected chi connectivity index (χ2v) is 8.36. The fraction of sp³-hybridized carbons (Fsp3) is 0.667. The highest BCUT2D eigenvalue weighted by atomic mass is 35.5. The first-order valence-corrected chi connectivity index (χ1v) is 8.94. The molecule has 0 bridgehead atoms. The number of aryl methyl sites for hydroxylation is 1. The fourth-order valence-corrected chi connectivity index (χ4v) is 5.60. The van der Waals surface area contributed by atoms with Gasteiger partial charge in [-0.25, -0.2) is 8.42 Å². The van der Waals surface area contributed by atoms with Crippen LogP contribution in [0.5, 0.6) is 0 Å². The van der Waals surface area contributed by atoms with Crippen LogP contribution >= 0.6 is 22.9 Å². The molecule has 1 aromatic rings. The summed E-state index contributed by atoms with van der Waals surface area (Å²) in [5.74, 6) is 0.344. The average molecular weight is 324 g/mol. The maximum absolute atomic E-state index is 12.7. The molecule has 0 aromatic carbocycles. The van der Waals surface area contributed by atoms with Crippen molar-refractivity contribution in [2.75, 3.05) is 13.1 Å². The fourth-order valence-electron chi connectivity index (χ4n) is 2.31. The maximum atomic E-state index is 12.7. The Morgan fingerprint density at radius 3 is 2.47 bits per heavy atom. The average Bonchev–Trinajstić information content (AvgIpc) is 2.70. The highest BCUT2D eigenvalue weighted by Crippen LogP contribution is 2.30. The number of sulfonamides is 1. The van der Waals surface area contributed by atoms with Gasteiger partial charge in [-0.2, -0.15) is 4.31 Å². The van der Waals surface area contributed by atoms with Crippen LogP contribution in [0.1, 0.15) is 23.6 Å². The van der Waals surface area contributed by atoms with Gasteiger partial charge in [-0.05, 0) is 26.8 Å². The Balaban J connectivity index is 2.33. The van der Waals surface area contributed by atoms with Crippen LogP contribution in [-0.4, -0.2) is 38.0 Å². The summed E-state index contributed by atoms with van der Waals surface area (Å²) in [6, 6.07) is 1.69. The lowest BCUT2D eigenvalue weighted by atomic mass is 10.3. The van der Waals surface area contributed by atoms with Crippen LogP contribution in [0, 0.1) is 6.92 Å². The lowest BCUT2D eigenvalue weighted by molar-refractivity contribution is -0.0440. The Hall–Kier alpha value is -0.140. The predicted octanol–water partition coefficient (Wildman–Crippen LogP) is 2.59. The Morgan fingerprint density at radius 2 is 2.00 bits per heavy atom. The monoisotopic (exact) mass is 323 g/mol. The lowest BCUT2D eigenvalue weighted by Crippen LogP contribution is -2.48. The minimum atomic E-state index is -3.44. The van der Waals surface area contributed by atoms with Crippen LogP contribution in [0.15, 0.2) is 11.0 Å². The van der Waals surface area contributed by atoms with Gasteiger partial charge in [0.15, 0.2) is 0 Å². The first-order valence-electron chi connectivity index (χ1n) is 6.15. The van der Waals surface area contributed by atoms with Gasteiger partial charge < -0.3 is 4.74 Å². The quantitative estimate of drug-likeness (QED) is 0.803. The van der Waals surface area contributed by atoms with Crippen LogP contribution in [0.25, 0.3) is 0 Å². The van der Waals surface area contributed by atoms with E-state index in [1.165, 1.54) is 15.6 Å². The van der Waals surface area contributed by atoms with Crippen molar-refractivity contribution in [2.24, 2.45) is 0 Å². The molecular weight excluding hydrogens is 306 g/mol. The third-order valence-electron chi connectivity index (χ3n) is 3.06. The summed E-state index contributed by atoms with van der Waals surface area (Å²) in [6.07, 6.45) is -0.157. The molecular formula is C12H18ClNO3S2. The zero-order valence-corrected chi connectivity index (χ0v) is 13.6. The largest absolute Gasteiger partial charge is 0.373 e. The van der Waals surface area contributed by atoms with Crippen LogP contribution < -0.4 is 0 Å². The molecule has 108 valence electrons. The molecule has 1 aliphatic heterocycles. The highest BCUT2D eigenvalue weighted by molar-refractivity contribution is 7.89. The van der Waals surface area contributed by atoms with Gasteiger partial charge in [0.2, 0.25) is 10.0 Å². The molecule has 2 atom stereocenters. The number of thiophene rings is 1. The molecule has 19 heavy (non-hydrogen) atoms. The maximum Gasteiger partial charge on any atom is 0.244 e. The van der Waals surface area contributed by atoms with Gasteiger partial charge in [-0.3, -0.25) is 0 Å². The first kappa shape index (κ1) is 15.3. The number of morpholine rings is 1. The molecule has 0 spiro atoms. The number of hydrogen-bond donors (Lipinski definition) is 0. The molecule has 1 aliphatic rings. The van der Waals surface area contributed by atoms with Crippen LogP contribution in [-0.2, 0) is 20.6 Å². The Morgan fingerprint density at radius 1 is 1.42 bits per heavy atom. The molecule has 2 rings (SSSR count). The van der Waals surface area contributed by atoms with Gasteiger partial charge in [0.05, 0.1) is 23.0 Å². The number of rotatable bonds is 3. The molecule has 1 fully saturated rings. The predicted molar refractivity (Wildman–Crippen MR) is 77.4 cm³/mol. The van der Waals surface area contributed by atoms with Crippen molar-refractivity contribution < 1.29 is 13.2 Å². The van der Waals surface area contributed by atoms with E-state index in [1.54, 1.807) is 6.07 Å². The SMILES string of the molecule is Cc1sc(CCl)cc1S(=O)(=O)N1CC(C)OC(C)C1. The first-order chi connectivity index (χ1) is 8.84. The Bertz CT molecular complexity index is 545. The van der Waals surface area contributed by atoms with Crippen molar-refractivity contribution >= 4 is 33.0 Å². The van der Waals surface area contributed by atoms with Gasteiger partial charge in [0, 0.05) is 22.8 Å². The topological polar surface area (TPSA) is 46.6 Å². The van der Waals surface area contributed by atoms with E-state index < -0.39 is 10.0 Å². The zero-order valence-electron chi connectivity index (χ0n) is 11.2. The minimum absolute atomic E-state index is 0.0787. The van der Waals surface area contributed by atoms with E-state index in [0.29, 0.717) is 23.9 Å². The Labute approximate surface area is 123 Å². The van der Waals surface area contributed by atoms with Gasteiger partial charge in [0.1, 0.15) is 0 Å². The van der Waals surface area contributed by atoms with E-state index >= 15 is 0 Å². The van der Waals surface area contributed by atoms with Gasteiger partial charge >= 0.3 is 0 Å². The minimum Gasteiger partial charge on any atom is -0.373 e. The molecule has 1 aromatic heterocycles. The van der Waals surface area contributed by atoms with Crippen molar-refractivity contribution in [1.82, 2.24) is 4.31 Å². The smallest absolute Gasteiger partial charge is 0.244 e. The van der Waals surface area contributed by atoms with Gasteiger partial charge in [0.25, 0.3) is 0 Å². The molecule has 0 aliphatic carbocycles. The van der Waals surface area contributed by atoms with Gasteiger partial charge in [-0.1, -0.05) is 0 Å². The molecule has 0 saturated carbocycles. The van der Waals surface area contributed by atoms with Crippen molar-refractivity contribution in [3.63, 3.8) is 0 Å². The zero-order chi connectivity index (χ0) is 14.2. The van der Waals surface area contributed by atoms with E-state index in [1.807, 2.05) is 20.8 Å². The van der Waals surface area contributed by atoms with Crippen LogP contribution in [0.2, 0.25) is 0 Å². The summed E-state index contributed by atoms with van der Waals surface area (Å²) in [5.41, 5.74) is 0. The summed E-state index contributed by atoms with van der Waals surface area (Å²) in [7, 11) is -3.44. The molecule has 7 heteroatoms. The number of alkyl halides is 1. The second-order valence-electron chi connectivity index (χ2n) is 4.85. The summed E-state index contributed by atoms with van der Waals surface area (Å²) >= 11 is 7.21. The normalized spacial score (nSPS) is 25.7. The summed E-state index contributed by atoms with van der Waals surface area (Å²) < 4.78 is 32.4. The van der Waals surface area contributed by atoms with Crippen molar-refractivity contribution in [1.29, 1.82) is 0 Å². The third kappa shape index (κ3) is 3.13. The van der Waals surface area contributed by atoms with Crippen LogP contribution in [0.3, 0.4) is 0 Å². The van der Waals surface area contributed by atoms with E-state index in [9.17, 15) is 8.42 Å². The van der Waals surface area contributed by atoms with Crippen molar-refractivity contribution in [2.45, 2.75) is 43.8 Å². The van der Waals surface area contributed by atoms with E-state index in [4.69, 9.17) is 16.3 Å². The summed E-state index contributed by atoms with van der Waals surface area (Å²) in [4.78, 5) is 2.06. The molecule has 1 saturated heterocycles. The molecule has 2 unspecified atom stereocenters. The molecule has 0 amide bonds. The summed E-state index contributed by atoms with van der Waals surface area (Å²) in [6.45, 7) is 6.41.